The Morgan fingerprint density at radius 1 is 1.26 bits per heavy atom. The van der Waals surface area contributed by atoms with E-state index in [1.165, 1.54) is 19.1 Å². The van der Waals surface area contributed by atoms with Gasteiger partial charge in [0.1, 0.15) is 11.5 Å². The number of ketones is 1. The number of rotatable bonds is 2. The maximum absolute atomic E-state index is 13.7. The number of alkyl halides is 3. The van der Waals surface area contributed by atoms with Gasteiger partial charge in [-0.25, -0.2) is 9.07 Å². The van der Waals surface area contributed by atoms with Gasteiger partial charge >= 0.3 is 6.18 Å². The Balaban J connectivity index is 2.43. The molecule has 0 saturated carbocycles. The fourth-order valence-corrected chi connectivity index (χ4v) is 1.52. The molecule has 1 heterocycles. The van der Waals surface area contributed by atoms with Gasteiger partial charge in [-0.2, -0.15) is 18.3 Å². The number of aromatic nitrogens is 2. The number of halogens is 4. The second-order valence-corrected chi connectivity index (χ2v) is 3.87. The van der Waals surface area contributed by atoms with Gasteiger partial charge in [-0.05, 0) is 31.2 Å². The average molecular weight is 272 g/mol. The lowest BCUT2D eigenvalue weighted by molar-refractivity contribution is -0.141. The number of hydrogen-bond donors (Lipinski definition) is 0. The van der Waals surface area contributed by atoms with Crippen LogP contribution in [0.4, 0.5) is 17.6 Å². The molecule has 0 aliphatic heterocycles. The van der Waals surface area contributed by atoms with Crippen molar-refractivity contribution < 1.29 is 22.4 Å². The van der Waals surface area contributed by atoms with Gasteiger partial charge in [0.05, 0.1) is 0 Å². The van der Waals surface area contributed by atoms with E-state index in [0.717, 1.165) is 23.0 Å². The zero-order valence-electron chi connectivity index (χ0n) is 9.70. The third-order valence-electron chi connectivity index (χ3n) is 2.48. The molecule has 0 fully saturated rings. The van der Waals surface area contributed by atoms with E-state index in [4.69, 9.17) is 0 Å². The Bertz CT molecular complexity index is 631. The normalized spacial score (nSPS) is 11.6. The lowest BCUT2D eigenvalue weighted by Gasteiger charge is -2.05. The van der Waals surface area contributed by atoms with Crippen LogP contribution in [0.25, 0.3) is 5.69 Å². The van der Waals surface area contributed by atoms with E-state index in [2.05, 4.69) is 5.10 Å². The zero-order valence-corrected chi connectivity index (χ0v) is 9.70. The van der Waals surface area contributed by atoms with Crippen LogP contribution in [0.3, 0.4) is 0 Å². The fourth-order valence-electron chi connectivity index (χ4n) is 1.52. The van der Waals surface area contributed by atoms with Crippen LogP contribution in [0.1, 0.15) is 23.0 Å². The van der Waals surface area contributed by atoms with E-state index < -0.39 is 17.7 Å². The first-order valence-electron chi connectivity index (χ1n) is 5.23. The maximum Gasteiger partial charge on any atom is 0.435 e. The molecule has 0 saturated heterocycles. The number of benzene rings is 1. The molecule has 1 aromatic carbocycles. The molecule has 0 aliphatic rings. The Kier molecular flexibility index (Phi) is 3.13. The minimum absolute atomic E-state index is 0.143. The second-order valence-electron chi connectivity index (χ2n) is 3.87. The summed E-state index contributed by atoms with van der Waals surface area (Å²) < 4.78 is 51.6. The third-order valence-corrected chi connectivity index (χ3v) is 2.48. The van der Waals surface area contributed by atoms with Gasteiger partial charge in [-0.3, -0.25) is 4.79 Å². The highest BCUT2D eigenvalue weighted by Gasteiger charge is 2.33. The minimum Gasteiger partial charge on any atom is -0.295 e. The summed E-state index contributed by atoms with van der Waals surface area (Å²) in [6.45, 7) is 1.27. The van der Waals surface area contributed by atoms with Gasteiger partial charge in [0.25, 0.3) is 0 Å². The summed E-state index contributed by atoms with van der Waals surface area (Å²) in [6.07, 6.45) is -3.57. The number of Topliss-reactive ketones (excluding diaryl/α,β-unsaturated/α-hetero) is 1. The molecule has 3 nitrogen and oxygen atoms in total. The molecule has 0 amide bonds. The largest absolute Gasteiger partial charge is 0.435 e. The van der Waals surface area contributed by atoms with Gasteiger partial charge in [0.15, 0.2) is 11.5 Å². The average Bonchev–Trinajstić information content (AvgIpc) is 2.77. The van der Waals surface area contributed by atoms with E-state index in [1.54, 1.807) is 0 Å². The van der Waals surface area contributed by atoms with Crippen molar-refractivity contribution in [3.8, 4) is 5.69 Å². The molecule has 0 spiro atoms. The molecule has 0 unspecified atom stereocenters. The Morgan fingerprint density at radius 2 is 1.95 bits per heavy atom. The smallest absolute Gasteiger partial charge is 0.295 e. The van der Waals surface area contributed by atoms with Crippen LogP contribution in [-0.4, -0.2) is 15.6 Å². The molecule has 2 rings (SSSR count). The summed E-state index contributed by atoms with van der Waals surface area (Å²) in [4.78, 5) is 11.0. The minimum atomic E-state index is -4.58. The molecule has 0 N–H and O–H groups in total. The van der Waals surface area contributed by atoms with Crippen molar-refractivity contribution in [2.45, 2.75) is 13.1 Å². The Labute approximate surface area is 105 Å². The monoisotopic (exact) mass is 272 g/mol. The van der Waals surface area contributed by atoms with E-state index in [0.29, 0.717) is 0 Å². The van der Waals surface area contributed by atoms with Gasteiger partial charge in [0, 0.05) is 11.8 Å². The van der Waals surface area contributed by atoms with Crippen LogP contribution in [0, 0.1) is 5.82 Å². The molecule has 0 radical (unpaired) electrons. The van der Waals surface area contributed by atoms with Crippen molar-refractivity contribution in [2.24, 2.45) is 0 Å². The SMILES string of the molecule is CC(=O)c1ccc(-n2ccc(C(F)(F)F)n2)c(F)c1. The molecule has 1 aromatic heterocycles. The van der Waals surface area contributed by atoms with Crippen molar-refractivity contribution in [1.82, 2.24) is 9.78 Å². The Hall–Kier alpha value is -2.18. The standard InChI is InChI=1S/C12H8F4N2O/c1-7(19)8-2-3-10(9(13)6-8)18-5-4-11(17-18)12(14,15)16/h2-6H,1H3. The van der Waals surface area contributed by atoms with Crippen molar-refractivity contribution in [3.05, 3.63) is 47.5 Å². The van der Waals surface area contributed by atoms with Crippen LogP contribution in [0.5, 0.6) is 0 Å². The first-order valence-corrected chi connectivity index (χ1v) is 5.23. The van der Waals surface area contributed by atoms with Crippen LogP contribution in [0.15, 0.2) is 30.5 Å². The number of nitrogens with zero attached hydrogens (tertiary/aromatic N) is 2. The third kappa shape index (κ3) is 2.64. The van der Waals surface area contributed by atoms with Crippen LogP contribution < -0.4 is 0 Å². The highest BCUT2D eigenvalue weighted by atomic mass is 19.4. The summed E-state index contributed by atoms with van der Waals surface area (Å²) in [7, 11) is 0. The Morgan fingerprint density at radius 3 is 2.42 bits per heavy atom. The van der Waals surface area contributed by atoms with E-state index in [9.17, 15) is 22.4 Å². The highest BCUT2D eigenvalue weighted by Crippen LogP contribution is 2.28. The molecule has 0 bridgehead atoms. The second kappa shape index (κ2) is 4.49. The number of hydrogen-bond acceptors (Lipinski definition) is 2. The molecule has 100 valence electrons. The molecule has 7 heteroatoms. The summed E-state index contributed by atoms with van der Waals surface area (Å²) in [5, 5.41) is 3.25. The summed E-state index contributed by atoms with van der Waals surface area (Å²) in [5.74, 6) is -1.15. The molecule has 19 heavy (non-hydrogen) atoms. The summed E-state index contributed by atoms with van der Waals surface area (Å²) in [6, 6.07) is 4.25. The topological polar surface area (TPSA) is 34.9 Å². The van der Waals surface area contributed by atoms with Gasteiger partial charge in [-0.15, -0.1) is 0 Å². The van der Waals surface area contributed by atoms with E-state index in [1.807, 2.05) is 0 Å². The predicted molar refractivity (Wildman–Crippen MR) is 58.5 cm³/mol. The first kappa shape index (κ1) is 13.3. The van der Waals surface area contributed by atoms with Crippen molar-refractivity contribution in [3.63, 3.8) is 0 Å². The van der Waals surface area contributed by atoms with E-state index >= 15 is 0 Å². The molecule has 0 atom stereocenters. The highest BCUT2D eigenvalue weighted by molar-refractivity contribution is 5.94. The molecular weight excluding hydrogens is 264 g/mol. The molecule has 2 aromatic rings. The van der Waals surface area contributed by atoms with E-state index in [-0.39, 0.29) is 17.0 Å². The lowest BCUT2D eigenvalue weighted by Crippen LogP contribution is -2.08. The van der Waals surface area contributed by atoms with Crippen LogP contribution in [0.2, 0.25) is 0 Å². The van der Waals surface area contributed by atoms with Gasteiger partial charge < -0.3 is 0 Å². The lowest BCUT2D eigenvalue weighted by atomic mass is 10.1. The summed E-state index contributed by atoms with van der Waals surface area (Å²) >= 11 is 0. The maximum atomic E-state index is 13.7. The predicted octanol–water partition coefficient (Wildman–Crippen LogP) is 3.23. The molecular formula is C12H8F4N2O. The van der Waals surface area contributed by atoms with Crippen molar-refractivity contribution >= 4 is 5.78 Å². The van der Waals surface area contributed by atoms with Crippen molar-refractivity contribution in [2.75, 3.05) is 0 Å². The number of carbonyl (C=O) groups is 1. The molecule has 0 aliphatic carbocycles. The van der Waals surface area contributed by atoms with Gasteiger partial charge in [-0.1, -0.05) is 0 Å². The zero-order chi connectivity index (χ0) is 14.2. The van der Waals surface area contributed by atoms with Crippen molar-refractivity contribution in [1.29, 1.82) is 0 Å². The fraction of sp³-hybridized carbons (Fsp3) is 0.167. The van der Waals surface area contributed by atoms with Crippen LogP contribution >= 0.6 is 0 Å². The first-order chi connectivity index (χ1) is 8.79. The van der Waals surface area contributed by atoms with Crippen LogP contribution in [-0.2, 0) is 6.18 Å². The number of carbonyl (C=O) groups excluding carboxylic acids is 1. The van der Waals surface area contributed by atoms with Gasteiger partial charge in [0.2, 0.25) is 0 Å². The quantitative estimate of drug-likeness (QED) is 0.621. The summed E-state index contributed by atoms with van der Waals surface area (Å²) in [5.41, 5.74) is -1.12.